The summed E-state index contributed by atoms with van der Waals surface area (Å²) < 4.78 is 47.7. The predicted molar refractivity (Wildman–Crippen MR) is 115 cm³/mol. The number of nitriles is 1. The number of ether oxygens (including phenoxy) is 1. The van der Waals surface area contributed by atoms with Gasteiger partial charge in [0, 0.05) is 12.2 Å². The first-order valence-electron chi connectivity index (χ1n) is 10.3. The topological polar surface area (TPSA) is 103 Å². The molecule has 0 aliphatic carbocycles. The van der Waals surface area contributed by atoms with Crippen LogP contribution in [0.2, 0.25) is 0 Å². The summed E-state index contributed by atoms with van der Waals surface area (Å²) >= 11 is 0. The van der Waals surface area contributed by atoms with Gasteiger partial charge in [0.25, 0.3) is 5.91 Å². The Bertz CT molecular complexity index is 1100. The molecule has 1 heterocycles. The summed E-state index contributed by atoms with van der Waals surface area (Å²) in [5.41, 5.74) is -3.44. The average Bonchev–Trinajstić information content (AvgIpc) is 3.07. The molecule has 1 aliphatic rings. The van der Waals surface area contributed by atoms with Crippen molar-refractivity contribution in [3.8, 4) is 11.8 Å². The number of nitrogens with zero attached hydrogens (tertiary/aromatic N) is 3. The second-order valence-corrected chi connectivity index (χ2v) is 7.32. The third-order valence-electron chi connectivity index (χ3n) is 5.24. The number of urea groups is 1. The van der Waals surface area contributed by atoms with Gasteiger partial charge in [-0.2, -0.15) is 18.4 Å². The molecule has 2 aromatic carbocycles. The normalized spacial score (nSPS) is 17.8. The number of nitrogens with one attached hydrogen (secondary N) is 1. The lowest BCUT2D eigenvalue weighted by Crippen LogP contribution is -2.56. The molecule has 0 radical (unpaired) electrons. The highest BCUT2D eigenvalue weighted by atomic mass is 19.4. The van der Waals surface area contributed by atoms with Crippen molar-refractivity contribution in [3.05, 3.63) is 60.2 Å². The fourth-order valence-corrected chi connectivity index (χ4v) is 3.63. The van der Waals surface area contributed by atoms with Gasteiger partial charge in [-0.05, 0) is 36.8 Å². The highest BCUT2D eigenvalue weighted by Crippen LogP contribution is 2.43. The van der Waals surface area contributed by atoms with Gasteiger partial charge in [-0.3, -0.25) is 14.5 Å². The van der Waals surface area contributed by atoms with E-state index in [-0.39, 0.29) is 17.9 Å². The molecule has 34 heavy (non-hydrogen) atoms. The molecule has 178 valence electrons. The number of carbonyl (C=O) groups is 3. The number of hydrogen-bond acceptors (Lipinski definition) is 5. The fraction of sp³-hybridized carbons (Fsp3) is 0.304. The molecule has 2 aromatic rings. The average molecular weight is 474 g/mol. The Morgan fingerprint density at radius 1 is 1.15 bits per heavy atom. The second kappa shape index (κ2) is 9.82. The van der Waals surface area contributed by atoms with Crippen molar-refractivity contribution in [3.63, 3.8) is 0 Å². The van der Waals surface area contributed by atoms with Gasteiger partial charge in [0.2, 0.25) is 11.4 Å². The summed E-state index contributed by atoms with van der Waals surface area (Å²) in [4.78, 5) is 39.9. The first kappa shape index (κ1) is 24.6. The van der Waals surface area contributed by atoms with E-state index in [4.69, 9.17) is 10.00 Å². The zero-order chi connectivity index (χ0) is 24.9. The summed E-state index contributed by atoms with van der Waals surface area (Å²) in [6.45, 7) is 1.19. The van der Waals surface area contributed by atoms with Gasteiger partial charge in [-0.15, -0.1) is 0 Å². The number of rotatable bonds is 8. The largest absolute Gasteiger partial charge is 0.494 e. The Morgan fingerprint density at radius 2 is 1.79 bits per heavy atom. The van der Waals surface area contributed by atoms with Crippen LogP contribution in [0.25, 0.3) is 0 Å². The van der Waals surface area contributed by atoms with Crippen LogP contribution in [-0.4, -0.2) is 48.6 Å². The molecule has 0 spiro atoms. The van der Waals surface area contributed by atoms with Crippen molar-refractivity contribution in [2.24, 2.45) is 0 Å². The number of alkyl halides is 3. The maximum atomic E-state index is 14.1. The van der Waals surface area contributed by atoms with Gasteiger partial charge >= 0.3 is 12.2 Å². The van der Waals surface area contributed by atoms with E-state index < -0.39 is 41.7 Å². The van der Waals surface area contributed by atoms with Crippen LogP contribution < -0.4 is 15.0 Å². The van der Waals surface area contributed by atoms with Gasteiger partial charge < -0.3 is 15.0 Å². The zero-order valence-corrected chi connectivity index (χ0v) is 18.1. The first-order chi connectivity index (χ1) is 16.2. The molecule has 0 saturated carbocycles. The Hall–Kier alpha value is -4.07. The van der Waals surface area contributed by atoms with Crippen molar-refractivity contribution in [1.82, 2.24) is 10.2 Å². The minimum absolute atomic E-state index is 0.0738. The van der Waals surface area contributed by atoms with Gasteiger partial charge in [0.05, 0.1) is 19.1 Å². The third kappa shape index (κ3) is 4.52. The maximum Gasteiger partial charge on any atom is 0.425 e. The molecule has 1 fully saturated rings. The molecular weight excluding hydrogens is 453 g/mol. The first-order valence-corrected chi connectivity index (χ1v) is 10.3. The summed E-state index contributed by atoms with van der Waals surface area (Å²) in [7, 11) is 0. The molecule has 4 amide bonds. The van der Waals surface area contributed by atoms with E-state index in [1.807, 2.05) is 6.07 Å². The summed E-state index contributed by atoms with van der Waals surface area (Å²) in [6, 6.07) is 13.1. The lowest BCUT2D eigenvalue weighted by molar-refractivity contribution is -0.198. The SMILES string of the molecule is CCOc1ccc(N(CCC#N)C(=O)CN2C(=O)NC(c3ccccc3)(C(F)(F)F)C2=O)cc1. The van der Waals surface area contributed by atoms with Crippen LogP contribution in [0.5, 0.6) is 5.75 Å². The molecular formula is C23H21F3N4O4. The summed E-state index contributed by atoms with van der Waals surface area (Å²) in [5.74, 6) is -1.89. The molecule has 11 heteroatoms. The van der Waals surface area contributed by atoms with E-state index >= 15 is 0 Å². The van der Waals surface area contributed by atoms with E-state index in [0.29, 0.717) is 18.0 Å². The van der Waals surface area contributed by atoms with Crippen molar-refractivity contribution >= 4 is 23.5 Å². The molecule has 1 N–H and O–H groups in total. The number of carbonyl (C=O) groups excluding carboxylic acids is 3. The number of imide groups is 1. The summed E-state index contributed by atoms with van der Waals surface area (Å²) in [5, 5.41) is 10.7. The molecule has 1 unspecified atom stereocenters. The lowest BCUT2D eigenvalue weighted by atomic mass is 9.89. The number of amides is 4. The van der Waals surface area contributed by atoms with E-state index in [9.17, 15) is 27.6 Å². The number of anilines is 1. The van der Waals surface area contributed by atoms with Crippen molar-refractivity contribution in [1.29, 1.82) is 5.26 Å². The highest BCUT2D eigenvalue weighted by Gasteiger charge is 2.68. The smallest absolute Gasteiger partial charge is 0.425 e. The number of halogens is 3. The lowest BCUT2D eigenvalue weighted by Gasteiger charge is -2.29. The highest BCUT2D eigenvalue weighted by molar-refractivity contribution is 6.11. The second-order valence-electron chi connectivity index (χ2n) is 7.32. The van der Waals surface area contributed by atoms with Gasteiger partial charge in [-0.25, -0.2) is 4.79 Å². The molecule has 1 aliphatic heterocycles. The van der Waals surface area contributed by atoms with Crippen molar-refractivity contribution in [2.45, 2.75) is 25.1 Å². The van der Waals surface area contributed by atoms with Gasteiger partial charge in [0.15, 0.2) is 0 Å². The molecule has 8 nitrogen and oxygen atoms in total. The standard InChI is InChI=1S/C23H21F3N4O4/c1-2-34-18-11-9-17(10-12-18)29(14-6-13-27)19(31)15-30-20(32)22(23(24,25)26,28-21(30)33)16-7-4-3-5-8-16/h3-5,7-12H,2,6,14-15H2,1H3,(H,28,33). The maximum absolute atomic E-state index is 14.1. The summed E-state index contributed by atoms with van der Waals surface area (Å²) in [6.07, 6.45) is -5.23. The van der Waals surface area contributed by atoms with E-state index in [1.54, 1.807) is 24.4 Å². The van der Waals surface area contributed by atoms with Crippen LogP contribution in [0.1, 0.15) is 18.9 Å². The molecule has 3 rings (SSSR count). The molecule has 1 atom stereocenters. The van der Waals surface area contributed by atoms with Crippen LogP contribution in [-0.2, 0) is 15.1 Å². The van der Waals surface area contributed by atoms with Crippen LogP contribution in [0.15, 0.2) is 54.6 Å². The van der Waals surface area contributed by atoms with Crippen LogP contribution in [0, 0.1) is 11.3 Å². The Kier molecular flexibility index (Phi) is 7.10. The van der Waals surface area contributed by atoms with Crippen LogP contribution >= 0.6 is 0 Å². The quantitative estimate of drug-likeness (QED) is 0.592. The van der Waals surface area contributed by atoms with E-state index in [1.165, 1.54) is 30.3 Å². The third-order valence-corrected chi connectivity index (χ3v) is 5.24. The molecule has 0 bridgehead atoms. The monoisotopic (exact) mass is 474 g/mol. The number of hydrogen-bond donors (Lipinski definition) is 1. The van der Waals surface area contributed by atoms with Crippen LogP contribution in [0.4, 0.5) is 23.7 Å². The van der Waals surface area contributed by atoms with E-state index in [2.05, 4.69) is 0 Å². The van der Waals surface area contributed by atoms with Crippen molar-refractivity contribution in [2.75, 3.05) is 24.6 Å². The van der Waals surface area contributed by atoms with Crippen molar-refractivity contribution < 1.29 is 32.3 Å². The van der Waals surface area contributed by atoms with Crippen LogP contribution in [0.3, 0.4) is 0 Å². The van der Waals surface area contributed by atoms with Gasteiger partial charge in [0.1, 0.15) is 12.3 Å². The Balaban J connectivity index is 1.90. The predicted octanol–water partition coefficient (Wildman–Crippen LogP) is 3.34. The Labute approximate surface area is 193 Å². The Morgan fingerprint density at radius 3 is 2.35 bits per heavy atom. The zero-order valence-electron chi connectivity index (χ0n) is 18.1. The van der Waals surface area contributed by atoms with E-state index in [0.717, 1.165) is 17.0 Å². The minimum atomic E-state index is -5.16. The minimum Gasteiger partial charge on any atom is -0.494 e. The van der Waals surface area contributed by atoms with Gasteiger partial charge in [-0.1, -0.05) is 30.3 Å². The fourth-order valence-electron chi connectivity index (χ4n) is 3.63. The molecule has 1 saturated heterocycles. The number of benzene rings is 2. The molecule has 0 aromatic heterocycles.